The van der Waals surface area contributed by atoms with Crippen LogP contribution in [0, 0.1) is 0 Å². The van der Waals surface area contributed by atoms with Crippen molar-refractivity contribution in [3.63, 3.8) is 0 Å². The summed E-state index contributed by atoms with van der Waals surface area (Å²) in [6, 6.07) is 5.91. The van der Waals surface area contributed by atoms with Crippen LogP contribution in [0.4, 0.5) is 11.5 Å². The molecule has 19 heavy (non-hydrogen) atoms. The minimum Gasteiger partial charge on any atom is -0.397 e. The van der Waals surface area contributed by atoms with Gasteiger partial charge in [0.15, 0.2) is 0 Å². The van der Waals surface area contributed by atoms with Crippen LogP contribution < -0.4 is 16.8 Å². The topological polar surface area (TPSA) is 94.0 Å². The van der Waals surface area contributed by atoms with Crippen molar-refractivity contribution >= 4 is 28.7 Å². The fourth-order valence-corrected chi connectivity index (χ4v) is 2.63. The third-order valence-corrected chi connectivity index (χ3v) is 3.58. The first-order chi connectivity index (χ1) is 9.06. The van der Waals surface area contributed by atoms with Gasteiger partial charge in [-0.25, -0.2) is 4.98 Å². The molecule has 0 radical (unpaired) electrons. The molecule has 0 spiro atoms. The molecule has 5 nitrogen and oxygen atoms in total. The van der Waals surface area contributed by atoms with Gasteiger partial charge in [-0.15, -0.1) is 11.3 Å². The van der Waals surface area contributed by atoms with E-state index >= 15 is 0 Å². The van der Waals surface area contributed by atoms with E-state index < -0.39 is 5.91 Å². The highest BCUT2D eigenvalue weighted by molar-refractivity contribution is 7.09. The quantitative estimate of drug-likeness (QED) is 0.777. The molecule has 5 N–H and O–H groups in total. The molecule has 2 aromatic rings. The average Bonchev–Trinajstić information content (AvgIpc) is 2.84. The number of carbonyl (C=O) groups excluding carboxylic acids is 1. The van der Waals surface area contributed by atoms with E-state index in [0.29, 0.717) is 17.1 Å². The second-order valence-electron chi connectivity index (χ2n) is 4.35. The summed E-state index contributed by atoms with van der Waals surface area (Å²) in [4.78, 5) is 16.7. The van der Waals surface area contributed by atoms with E-state index in [-0.39, 0.29) is 6.04 Å². The maximum atomic E-state index is 11.2. The molecule has 0 aliphatic rings. The summed E-state index contributed by atoms with van der Waals surface area (Å²) < 4.78 is 0. The zero-order valence-corrected chi connectivity index (χ0v) is 11.4. The highest BCUT2D eigenvalue weighted by Crippen LogP contribution is 2.17. The lowest BCUT2D eigenvalue weighted by Crippen LogP contribution is -2.20. The molecule has 0 bridgehead atoms. The molecule has 0 saturated heterocycles. The first-order valence-corrected chi connectivity index (χ1v) is 6.78. The van der Waals surface area contributed by atoms with Crippen molar-refractivity contribution in [2.24, 2.45) is 5.73 Å². The number of thiophene rings is 1. The largest absolute Gasteiger partial charge is 0.397 e. The molecule has 0 aliphatic carbocycles. The molecule has 0 aromatic carbocycles. The van der Waals surface area contributed by atoms with Crippen molar-refractivity contribution in [3.8, 4) is 0 Å². The molecule has 1 unspecified atom stereocenters. The first kappa shape index (κ1) is 13.4. The number of anilines is 2. The standard InChI is InChI=1S/C13H16N4OS/c1-8(5-9-3-2-4-19-9)17-12-6-10(13(15)18)11(14)7-16-12/h2-4,6-8H,5,14H2,1H3,(H2,15,18)(H,16,17). The zero-order valence-electron chi connectivity index (χ0n) is 10.6. The number of amides is 1. The van der Waals surface area contributed by atoms with E-state index in [1.165, 1.54) is 11.1 Å². The van der Waals surface area contributed by atoms with Crippen LogP contribution in [0.5, 0.6) is 0 Å². The van der Waals surface area contributed by atoms with E-state index in [4.69, 9.17) is 11.5 Å². The van der Waals surface area contributed by atoms with Gasteiger partial charge in [0, 0.05) is 17.3 Å². The molecule has 100 valence electrons. The molecule has 0 fully saturated rings. The molecule has 0 saturated carbocycles. The highest BCUT2D eigenvalue weighted by atomic mass is 32.1. The Hall–Kier alpha value is -2.08. The lowest BCUT2D eigenvalue weighted by Gasteiger charge is -2.14. The molecule has 1 atom stereocenters. The van der Waals surface area contributed by atoms with E-state index in [2.05, 4.69) is 28.7 Å². The molecule has 6 heteroatoms. The predicted molar refractivity (Wildman–Crippen MR) is 78.3 cm³/mol. The Bertz CT molecular complexity index is 568. The van der Waals surface area contributed by atoms with E-state index in [1.54, 1.807) is 17.4 Å². The maximum absolute atomic E-state index is 11.2. The SMILES string of the molecule is CC(Cc1cccs1)Nc1cc(C(N)=O)c(N)cn1. The number of carbonyl (C=O) groups is 1. The van der Waals surface area contributed by atoms with Crippen LogP contribution in [0.2, 0.25) is 0 Å². The second kappa shape index (κ2) is 5.71. The number of hydrogen-bond acceptors (Lipinski definition) is 5. The Labute approximate surface area is 115 Å². The second-order valence-corrected chi connectivity index (χ2v) is 5.38. The summed E-state index contributed by atoms with van der Waals surface area (Å²) in [5, 5.41) is 5.29. The Morgan fingerprint density at radius 1 is 1.58 bits per heavy atom. The van der Waals surface area contributed by atoms with Gasteiger partial charge in [-0.1, -0.05) is 6.07 Å². The molecular weight excluding hydrogens is 260 g/mol. The van der Waals surface area contributed by atoms with Gasteiger partial charge in [0.05, 0.1) is 17.4 Å². The average molecular weight is 276 g/mol. The predicted octanol–water partition coefficient (Wildman–Crippen LogP) is 1.87. The summed E-state index contributed by atoms with van der Waals surface area (Å²) in [5.41, 5.74) is 11.5. The van der Waals surface area contributed by atoms with Gasteiger partial charge in [0.25, 0.3) is 5.91 Å². The van der Waals surface area contributed by atoms with Gasteiger partial charge in [0.2, 0.25) is 0 Å². The van der Waals surface area contributed by atoms with Crippen LogP contribution in [0.1, 0.15) is 22.2 Å². The van der Waals surface area contributed by atoms with Crippen LogP contribution in [-0.2, 0) is 6.42 Å². The number of pyridine rings is 1. The van der Waals surface area contributed by atoms with Gasteiger partial charge in [-0.3, -0.25) is 4.79 Å². The maximum Gasteiger partial charge on any atom is 0.250 e. The van der Waals surface area contributed by atoms with E-state index in [1.807, 2.05) is 6.07 Å². The van der Waals surface area contributed by atoms with Crippen molar-refractivity contribution in [1.29, 1.82) is 0 Å². The van der Waals surface area contributed by atoms with Crippen LogP contribution in [0.15, 0.2) is 29.8 Å². The Morgan fingerprint density at radius 2 is 2.37 bits per heavy atom. The summed E-state index contributed by atoms with van der Waals surface area (Å²) in [7, 11) is 0. The zero-order chi connectivity index (χ0) is 13.8. The highest BCUT2D eigenvalue weighted by Gasteiger charge is 2.10. The van der Waals surface area contributed by atoms with Crippen molar-refractivity contribution in [2.45, 2.75) is 19.4 Å². The van der Waals surface area contributed by atoms with E-state index in [9.17, 15) is 4.79 Å². The van der Waals surface area contributed by atoms with Crippen molar-refractivity contribution in [1.82, 2.24) is 4.98 Å². The Morgan fingerprint density at radius 3 is 3.00 bits per heavy atom. The molecule has 1 amide bonds. The third kappa shape index (κ3) is 3.45. The summed E-state index contributed by atoms with van der Waals surface area (Å²) >= 11 is 1.72. The molecule has 2 rings (SSSR count). The van der Waals surface area contributed by atoms with Crippen LogP contribution in [-0.4, -0.2) is 16.9 Å². The van der Waals surface area contributed by atoms with Crippen LogP contribution >= 0.6 is 11.3 Å². The van der Waals surface area contributed by atoms with Crippen LogP contribution in [0.25, 0.3) is 0 Å². The number of nitrogens with zero attached hydrogens (tertiary/aromatic N) is 1. The van der Waals surface area contributed by atoms with Gasteiger partial charge in [0.1, 0.15) is 5.82 Å². The number of nitrogens with two attached hydrogens (primary N) is 2. The van der Waals surface area contributed by atoms with Gasteiger partial charge < -0.3 is 16.8 Å². The minimum absolute atomic E-state index is 0.204. The van der Waals surface area contributed by atoms with Gasteiger partial charge in [-0.2, -0.15) is 0 Å². The summed E-state index contributed by atoms with van der Waals surface area (Å²) in [6.07, 6.45) is 2.34. The fourth-order valence-electron chi connectivity index (χ4n) is 1.79. The number of primary amides is 1. The molecule has 2 heterocycles. The summed E-state index contributed by atoms with van der Waals surface area (Å²) in [5.74, 6) is 0.0564. The first-order valence-electron chi connectivity index (χ1n) is 5.90. The number of hydrogen-bond donors (Lipinski definition) is 3. The lowest BCUT2D eigenvalue weighted by atomic mass is 10.2. The fraction of sp³-hybridized carbons (Fsp3) is 0.231. The third-order valence-electron chi connectivity index (χ3n) is 2.68. The van der Waals surface area contributed by atoms with E-state index in [0.717, 1.165) is 6.42 Å². The lowest BCUT2D eigenvalue weighted by molar-refractivity contribution is 0.100. The number of nitrogens with one attached hydrogen (secondary N) is 1. The number of aromatic nitrogens is 1. The molecule has 0 aliphatic heterocycles. The normalized spacial score (nSPS) is 12.1. The van der Waals surface area contributed by atoms with Crippen molar-refractivity contribution < 1.29 is 4.79 Å². The van der Waals surface area contributed by atoms with Crippen molar-refractivity contribution in [3.05, 3.63) is 40.2 Å². The smallest absolute Gasteiger partial charge is 0.250 e. The van der Waals surface area contributed by atoms with Gasteiger partial charge >= 0.3 is 0 Å². The monoisotopic (exact) mass is 276 g/mol. The Kier molecular flexibility index (Phi) is 4.01. The molecule has 2 aromatic heterocycles. The minimum atomic E-state index is -0.547. The number of nitrogen functional groups attached to an aromatic ring is 1. The summed E-state index contributed by atoms with van der Waals surface area (Å²) in [6.45, 7) is 2.06. The number of rotatable bonds is 5. The Balaban J connectivity index is 2.06. The van der Waals surface area contributed by atoms with Crippen molar-refractivity contribution in [2.75, 3.05) is 11.1 Å². The van der Waals surface area contributed by atoms with Gasteiger partial charge in [-0.05, 0) is 24.4 Å². The van der Waals surface area contributed by atoms with Crippen LogP contribution in [0.3, 0.4) is 0 Å². The molecular formula is C13H16N4OS.